The number of pyridine rings is 1. The van der Waals surface area contributed by atoms with Crippen molar-refractivity contribution in [2.24, 2.45) is 5.10 Å². The average Bonchev–Trinajstić information content (AvgIpc) is 3.23. The van der Waals surface area contributed by atoms with Gasteiger partial charge in [-0.25, -0.2) is 20.4 Å². The summed E-state index contributed by atoms with van der Waals surface area (Å²) < 4.78 is 13.9. The van der Waals surface area contributed by atoms with Crippen LogP contribution in [0.4, 0.5) is 0 Å². The SMILES string of the molecule is BC1(B)C(N/C(=N\NC(=O)c2cccc(OC)n2)NSC(C)C(OC)c2ncc(Cl)cn2)C1(B)B. The van der Waals surface area contributed by atoms with E-state index in [2.05, 4.69) is 66.9 Å². The van der Waals surface area contributed by atoms with E-state index in [0.29, 0.717) is 22.7 Å². The lowest BCUT2D eigenvalue weighted by atomic mass is 9.49. The molecule has 1 aliphatic rings. The van der Waals surface area contributed by atoms with E-state index in [4.69, 9.17) is 21.1 Å². The molecular weight excluding hydrogens is 485 g/mol. The molecular formula is C19H28B4ClN7O3S. The fourth-order valence-corrected chi connectivity index (χ4v) is 4.64. The van der Waals surface area contributed by atoms with E-state index in [-0.39, 0.29) is 27.4 Å². The van der Waals surface area contributed by atoms with E-state index < -0.39 is 12.0 Å². The van der Waals surface area contributed by atoms with Crippen LogP contribution < -0.4 is 20.2 Å². The first-order valence-corrected chi connectivity index (χ1v) is 12.3. The molecule has 2 atom stereocenters. The van der Waals surface area contributed by atoms with Gasteiger partial charge in [-0.2, -0.15) is 0 Å². The Morgan fingerprint density at radius 2 is 1.86 bits per heavy atom. The summed E-state index contributed by atoms with van der Waals surface area (Å²) in [7, 11) is 11.9. The van der Waals surface area contributed by atoms with E-state index in [1.807, 2.05) is 6.92 Å². The maximum Gasteiger partial charge on any atom is 0.290 e. The molecule has 2 heterocycles. The topological polar surface area (TPSA) is 123 Å². The van der Waals surface area contributed by atoms with Gasteiger partial charge in [0.1, 0.15) is 43.2 Å². The van der Waals surface area contributed by atoms with Crippen molar-refractivity contribution in [2.45, 2.75) is 34.7 Å². The van der Waals surface area contributed by atoms with Crippen molar-refractivity contribution < 1.29 is 14.3 Å². The number of hydrazone groups is 1. The van der Waals surface area contributed by atoms with Crippen LogP contribution >= 0.6 is 23.5 Å². The van der Waals surface area contributed by atoms with Gasteiger partial charge in [0.2, 0.25) is 11.8 Å². The molecule has 1 amide bonds. The van der Waals surface area contributed by atoms with E-state index in [1.165, 1.54) is 31.5 Å². The lowest BCUT2D eigenvalue weighted by molar-refractivity contribution is 0.0948. The molecule has 10 nitrogen and oxygen atoms in total. The standard InChI is InChI=1S/C19H28B4ClN7O3S/c1-9(13(34-3)14-25-7-10(24)8-26-14)35-31-17(28-16-18(20,21)19(16,22)23)30-29-15(32)11-5-4-6-12(27-11)33-2/h4-9,13,16H,20-23H2,1-3H3,(H,29,32)(H2,28,30,31). The van der Waals surface area contributed by atoms with Crippen LogP contribution in [0.2, 0.25) is 15.5 Å². The van der Waals surface area contributed by atoms with Gasteiger partial charge in [0.05, 0.1) is 17.4 Å². The minimum atomic E-state index is -0.457. The predicted molar refractivity (Wildman–Crippen MR) is 149 cm³/mol. The summed E-state index contributed by atoms with van der Waals surface area (Å²) in [5, 5.41) is 8.19. The molecule has 0 saturated heterocycles. The van der Waals surface area contributed by atoms with E-state index >= 15 is 0 Å². The smallest absolute Gasteiger partial charge is 0.290 e. The van der Waals surface area contributed by atoms with E-state index in [1.54, 1.807) is 25.3 Å². The highest BCUT2D eigenvalue weighted by atomic mass is 35.5. The molecule has 1 saturated carbocycles. The van der Waals surface area contributed by atoms with Crippen molar-refractivity contribution in [1.29, 1.82) is 0 Å². The quantitative estimate of drug-likeness (QED) is 0.118. The molecule has 35 heavy (non-hydrogen) atoms. The Kier molecular flexibility index (Phi) is 8.66. The summed E-state index contributed by atoms with van der Waals surface area (Å²) in [5.41, 5.74) is 2.76. The number of ether oxygens (including phenoxy) is 2. The molecule has 16 heteroatoms. The van der Waals surface area contributed by atoms with Gasteiger partial charge >= 0.3 is 0 Å². The number of methoxy groups -OCH3 is 2. The van der Waals surface area contributed by atoms with Crippen molar-refractivity contribution in [1.82, 2.24) is 30.4 Å². The molecule has 0 aromatic carbocycles. The van der Waals surface area contributed by atoms with Gasteiger partial charge in [-0.05, 0) is 24.9 Å². The number of guanidine groups is 1. The highest BCUT2D eigenvalue weighted by molar-refractivity contribution is 7.98. The van der Waals surface area contributed by atoms with E-state index in [0.717, 1.165) is 0 Å². The lowest BCUT2D eigenvalue weighted by Gasteiger charge is -2.22. The fourth-order valence-electron chi connectivity index (χ4n) is 3.78. The Labute approximate surface area is 218 Å². The summed E-state index contributed by atoms with van der Waals surface area (Å²) in [6.45, 7) is 1.98. The van der Waals surface area contributed by atoms with E-state index in [9.17, 15) is 4.79 Å². The maximum atomic E-state index is 12.6. The first kappa shape index (κ1) is 27.2. The zero-order chi connectivity index (χ0) is 25.8. The van der Waals surface area contributed by atoms with Crippen molar-refractivity contribution >= 4 is 66.8 Å². The van der Waals surface area contributed by atoms with Gasteiger partial charge < -0.3 is 14.8 Å². The average molecular weight is 513 g/mol. The third kappa shape index (κ3) is 6.25. The number of carbonyl (C=O) groups is 1. The number of rotatable bonds is 9. The molecule has 2 unspecified atom stereocenters. The molecule has 0 spiro atoms. The zero-order valence-corrected chi connectivity index (χ0v) is 22.5. The van der Waals surface area contributed by atoms with Crippen molar-refractivity contribution in [3.05, 3.63) is 47.1 Å². The predicted octanol–water partition coefficient (Wildman–Crippen LogP) is -1.71. The second-order valence-corrected chi connectivity index (χ2v) is 10.9. The Morgan fingerprint density at radius 1 is 1.20 bits per heavy atom. The van der Waals surface area contributed by atoms with Gasteiger partial charge in [-0.3, -0.25) is 9.52 Å². The molecule has 1 aliphatic carbocycles. The lowest BCUT2D eigenvalue weighted by Crippen LogP contribution is -2.41. The molecule has 2 aromatic rings. The van der Waals surface area contributed by atoms with Gasteiger partial charge in [0.15, 0.2) is 5.82 Å². The highest BCUT2D eigenvalue weighted by Crippen LogP contribution is 2.67. The van der Waals surface area contributed by atoms with Crippen LogP contribution in [0.25, 0.3) is 0 Å². The van der Waals surface area contributed by atoms with Crippen molar-refractivity contribution in [3.63, 3.8) is 0 Å². The molecule has 2 aromatic heterocycles. The summed E-state index contributed by atoms with van der Waals surface area (Å²) in [6.07, 6.45) is 2.68. The van der Waals surface area contributed by atoms with Crippen LogP contribution in [-0.4, -0.2) is 83.7 Å². The number of nitrogens with zero attached hydrogens (tertiary/aromatic N) is 4. The van der Waals surface area contributed by atoms with Crippen molar-refractivity contribution in [3.8, 4) is 5.88 Å². The summed E-state index contributed by atoms with van der Waals surface area (Å²) in [4.78, 5) is 25.3. The van der Waals surface area contributed by atoms with Gasteiger partial charge in [-0.15, -0.1) is 5.10 Å². The maximum absolute atomic E-state index is 12.6. The van der Waals surface area contributed by atoms with Crippen LogP contribution in [0.1, 0.15) is 29.3 Å². The Balaban J connectivity index is 1.72. The Hall–Kier alpha value is -2.37. The molecule has 0 aliphatic heterocycles. The highest BCUT2D eigenvalue weighted by Gasteiger charge is 2.63. The number of aromatic nitrogens is 3. The summed E-state index contributed by atoms with van der Waals surface area (Å²) in [6, 6.07) is 5.10. The van der Waals surface area contributed by atoms with Crippen molar-refractivity contribution in [2.75, 3.05) is 14.2 Å². The van der Waals surface area contributed by atoms with Gasteiger partial charge in [-0.1, -0.05) is 28.1 Å². The summed E-state index contributed by atoms with van der Waals surface area (Å²) >= 11 is 7.28. The number of hydrogen-bond donors (Lipinski definition) is 3. The largest absolute Gasteiger partial charge is 0.481 e. The molecule has 0 radical (unpaired) electrons. The second kappa shape index (κ2) is 11.1. The second-order valence-electron chi connectivity index (χ2n) is 9.33. The first-order valence-electron chi connectivity index (χ1n) is 11.1. The zero-order valence-electron chi connectivity index (χ0n) is 20.9. The number of carbonyl (C=O) groups excluding carboxylic acids is 1. The van der Waals surface area contributed by atoms with Crippen LogP contribution in [-0.2, 0) is 4.74 Å². The Bertz CT molecular complexity index is 1070. The number of hydrogen-bond acceptors (Lipinski definition) is 8. The third-order valence-corrected chi connectivity index (χ3v) is 7.78. The minimum absolute atomic E-state index is 0.0519. The molecule has 182 valence electrons. The van der Waals surface area contributed by atoms with Crippen LogP contribution in [0, 0.1) is 0 Å². The summed E-state index contributed by atoms with van der Waals surface area (Å²) in [5.74, 6) is 0.821. The molecule has 1 fully saturated rings. The monoisotopic (exact) mass is 513 g/mol. The van der Waals surface area contributed by atoms with Gasteiger partial charge in [0, 0.05) is 31.6 Å². The minimum Gasteiger partial charge on any atom is -0.481 e. The van der Waals surface area contributed by atoms with Crippen LogP contribution in [0.3, 0.4) is 0 Å². The molecule has 3 N–H and O–H groups in total. The Morgan fingerprint density at radius 3 is 2.43 bits per heavy atom. The number of nitrogens with one attached hydrogen (secondary N) is 3. The van der Waals surface area contributed by atoms with Crippen LogP contribution in [0.5, 0.6) is 5.88 Å². The fraction of sp³-hybridized carbons (Fsp3) is 0.421. The first-order chi connectivity index (χ1) is 16.5. The van der Waals surface area contributed by atoms with Gasteiger partial charge in [0.25, 0.3) is 5.91 Å². The molecule has 3 rings (SSSR count). The third-order valence-electron chi connectivity index (χ3n) is 6.65. The number of amides is 1. The number of halogens is 1. The molecule has 0 bridgehead atoms. The van der Waals surface area contributed by atoms with Crippen LogP contribution in [0.15, 0.2) is 35.7 Å². The normalized spacial score (nSPS) is 18.2.